The van der Waals surface area contributed by atoms with Crippen LogP contribution >= 0.6 is 27.5 Å². The summed E-state index contributed by atoms with van der Waals surface area (Å²) in [6.07, 6.45) is 3.60. The Morgan fingerprint density at radius 3 is 2.88 bits per heavy atom. The van der Waals surface area contributed by atoms with Crippen molar-refractivity contribution in [2.24, 2.45) is 0 Å². The van der Waals surface area contributed by atoms with E-state index in [1.54, 1.807) is 18.5 Å². The molecular weight excluding hydrogens is 305 g/mol. The molecule has 1 aromatic carbocycles. The van der Waals surface area contributed by atoms with Crippen LogP contribution < -0.4 is 0 Å². The van der Waals surface area contributed by atoms with E-state index in [0.717, 1.165) is 20.8 Å². The quantitative estimate of drug-likeness (QED) is 0.798. The fraction of sp³-hybridized carbons (Fsp3) is 0.167. The Labute approximate surface area is 112 Å². The number of fused-ring (bicyclic) bond motifs is 1. The number of ether oxygens (including phenoxy) is 1. The molecule has 0 atom stereocenters. The van der Waals surface area contributed by atoms with E-state index < -0.39 is 0 Å². The Hall–Kier alpha value is -1.13. The van der Waals surface area contributed by atoms with E-state index in [2.05, 4.69) is 25.7 Å². The number of hydrogen-bond donors (Lipinski definition) is 0. The molecule has 17 heavy (non-hydrogen) atoms. The SMILES string of the molecule is COC(=O)Cc1cc(Cl)c2cncc(Br)c2c1. The summed E-state index contributed by atoms with van der Waals surface area (Å²) in [5.74, 6) is -0.286. The molecule has 0 spiro atoms. The van der Waals surface area contributed by atoms with Gasteiger partial charge in [-0.05, 0) is 33.6 Å². The van der Waals surface area contributed by atoms with Gasteiger partial charge in [0, 0.05) is 27.6 Å². The number of hydrogen-bond acceptors (Lipinski definition) is 3. The van der Waals surface area contributed by atoms with Crippen molar-refractivity contribution in [2.75, 3.05) is 7.11 Å². The van der Waals surface area contributed by atoms with Gasteiger partial charge >= 0.3 is 5.97 Å². The second-order valence-electron chi connectivity index (χ2n) is 3.55. The van der Waals surface area contributed by atoms with Crippen molar-refractivity contribution in [3.63, 3.8) is 0 Å². The van der Waals surface area contributed by atoms with Gasteiger partial charge in [-0.3, -0.25) is 9.78 Å². The van der Waals surface area contributed by atoms with E-state index in [1.807, 2.05) is 6.07 Å². The third-order valence-electron chi connectivity index (χ3n) is 2.41. The van der Waals surface area contributed by atoms with Crippen LogP contribution in [0.4, 0.5) is 0 Å². The van der Waals surface area contributed by atoms with Crippen LogP contribution in [-0.4, -0.2) is 18.1 Å². The molecule has 0 radical (unpaired) electrons. The van der Waals surface area contributed by atoms with Crippen LogP contribution in [-0.2, 0) is 16.0 Å². The molecule has 0 aliphatic heterocycles. The molecule has 0 N–H and O–H groups in total. The number of pyridine rings is 1. The summed E-state index contributed by atoms with van der Waals surface area (Å²) < 4.78 is 5.48. The van der Waals surface area contributed by atoms with Crippen LogP contribution in [0.5, 0.6) is 0 Å². The molecule has 1 heterocycles. The van der Waals surface area contributed by atoms with E-state index >= 15 is 0 Å². The van der Waals surface area contributed by atoms with Gasteiger partial charge in [0.05, 0.1) is 18.6 Å². The molecule has 88 valence electrons. The summed E-state index contributed by atoms with van der Waals surface area (Å²) in [7, 11) is 1.37. The Bertz CT molecular complexity index is 586. The second-order valence-corrected chi connectivity index (χ2v) is 4.81. The van der Waals surface area contributed by atoms with Crippen molar-refractivity contribution in [3.05, 3.63) is 39.6 Å². The first-order chi connectivity index (χ1) is 8.11. The average Bonchev–Trinajstić information content (AvgIpc) is 2.30. The van der Waals surface area contributed by atoms with Crippen LogP contribution in [0.15, 0.2) is 29.0 Å². The minimum absolute atomic E-state index is 0.209. The van der Waals surface area contributed by atoms with Gasteiger partial charge in [-0.25, -0.2) is 0 Å². The Kier molecular flexibility index (Phi) is 3.64. The van der Waals surface area contributed by atoms with Crippen molar-refractivity contribution in [2.45, 2.75) is 6.42 Å². The largest absolute Gasteiger partial charge is 0.469 e. The Morgan fingerprint density at radius 1 is 1.41 bits per heavy atom. The first-order valence-electron chi connectivity index (χ1n) is 4.90. The summed E-state index contributed by atoms with van der Waals surface area (Å²) in [5, 5.41) is 2.37. The van der Waals surface area contributed by atoms with Gasteiger partial charge in [0.2, 0.25) is 0 Å². The van der Waals surface area contributed by atoms with Crippen molar-refractivity contribution < 1.29 is 9.53 Å². The predicted molar refractivity (Wildman–Crippen MR) is 70.2 cm³/mol. The molecule has 1 aromatic heterocycles. The predicted octanol–water partition coefficient (Wildman–Crippen LogP) is 3.37. The van der Waals surface area contributed by atoms with Crippen LogP contribution in [0.2, 0.25) is 5.02 Å². The minimum atomic E-state index is -0.286. The zero-order valence-corrected chi connectivity index (χ0v) is 11.4. The van der Waals surface area contributed by atoms with E-state index in [4.69, 9.17) is 11.6 Å². The first-order valence-corrected chi connectivity index (χ1v) is 6.07. The number of esters is 1. The standard InChI is InChI=1S/C12H9BrClNO2/c1-17-12(16)4-7-2-8-9(11(14)3-7)5-15-6-10(8)13/h2-3,5-6H,4H2,1H3. The zero-order valence-electron chi connectivity index (χ0n) is 9.04. The van der Waals surface area contributed by atoms with Gasteiger partial charge in [0.25, 0.3) is 0 Å². The number of aromatic nitrogens is 1. The molecule has 0 saturated heterocycles. The number of benzene rings is 1. The maximum atomic E-state index is 11.2. The first kappa shape index (κ1) is 12.3. The molecule has 0 aliphatic carbocycles. The van der Waals surface area contributed by atoms with Crippen LogP contribution in [0.25, 0.3) is 10.8 Å². The number of halogens is 2. The molecule has 2 aromatic rings. The number of rotatable bonds is 2. The normalized spacial score (nSPS) is 10.5. The number of carbonyl (C=O) groups is 1. The molecule has 3 nitrogen and oxygen atoms in total. The lowest BCUT2D eigenvalue weighted by Gasteiger charge is -2.06. The molecular formula is C12H9BrClNO2. The summed E-state index contributed by atoms with van der Waals surface area (Å²) in [4.78, 5) is 15.3. The van der Waals surface area contributed by atoms with Crippen LogP contribution in [0.3, 0.4) is 0 Å². The molecule has 2 rings (SSSR count). The van der Waals surface area contributed by atoms with Gasteiger partial charge < -0.3 is 4.74 Å². The molecule has 0 unspecified atom stereocenters. The molecule has 0 saturated carbocycles. The van der Waals surface area contributed by atoms with Crippen LogP contribution in [0.1, 0.15) is 5.56 Å². The summed E-state index contributed by atoms with van der Waals surface area (Å²) in [6, 6.07) is 3.67. The van der Waals surface area contributed by atoms with Gasteiger partial charge in [0.1, 0.15) is 0 Å². The van der Waals surface area contributed by atoms with Gasteiger partial charge in [0.15, 0.2) is 0 Å². The highest BCUT2D eigenvalue weighted by molar-refractivity contribution is 9.10. The van der Waals surface area contributed by atoms with E-state index in [1.165, 1.54) is 7.11 Å². The lowest BCUT2D eigenvalue weighted by molar-refractivity contribution is -0.139. The van der Waals surface area contributed by atoms with Crippen molar-refractivity contribution in [1.29, 1.82) is 0 Å². The molecule has 0 bridgehead atoms. The van der Waals surface area contributed by atoms with Crippen molar-refractivity contribution >= 4 is 44.3 Å². The summed E-state index contributed by atoms with van der Waals surface area (Å²) >= 11 is 9.56. The monoisotopic (exact) mass is 313 g/mol. The Balaban J connectivity index is 2.54. The van der Waals surface area contributed by atoms with Gasteiger partial charge in [-0.2, -0.15) is 0 Å². The average molecular weight is 315 g/mol. The third-order valence-corrected chi connectivity index (χ3v) is 3.36. The maximum absolute atomic E-state index is 11.2. The zero-order chi connectivity index (χ0) is 12.4. The lowest BCUT2D eigenvalue weighted by Crippen LogP contribution is -2.04. The topological polar surface area (TPSA) is 39.2 Å². The molecule has 0 amide bonds. The third kappa shape index (κ3) is 2.58. The number of nitrogens with zero attached hydrogens (tertiary/aromatic N) is 1. The summed E-state index contributed by atoms with van der Waals surface area (Å²) in [5.41, 5.74) is 0.821. The van der Waals surface area contributed by atoms with Crippen molar-refractivity contribution in [3.8, 4) is 0 Å². The molecule has 0 fully saturated rings. The lowest BCUT2D eigenvalue weighted by atomic mass is 10.1. The second kappa shape index (κ2) is 5.02. The van der Waals surface area contributed by atoms with Gasteiger partial charge in [-0.15, -0.1) is 0 Å². The number of methoxy groups -OCH3 is 1. The highest BCUT2D eigenvalue weighted by Gasteiger charge is 2.09. The minimum Gasteiger partial charge on any atom is -0.469 e. The number of carbonyl (C=O) groups excluding carboxylic acids is 1. The Morgan fingerprint density at radius 2 is 2.18 bits per heavy atom. The van der Waals surface area contributed by atoms with E-state index in [9.17, 15) is 4.79 Å². The van der Waals surface area contributed by atoms with E-state index in [-0.39, 0.29) is 12.4 Å². The highest BCUT2D eigenvalue weighted by Crippen LogP contribution is 2.30. The van der Waals surface area contributed by atoms with E-state index in [0.29, 0.717) is 5.02 Å². The molecule has 0 aliphatic rings. The van der Waals surface area contributed by atoms with Crippen molar-refractivity contribution in [1.82, 2.24) is 4.98 Å². The fourth-order valence-electron chi connectivity index (χ4n) is 1.59. The van der Waals surface area contributed by atoms with Gasteiger partial charge in [-0.1, -0.05) is 11.6 Å². The fourth-order valence-corrected chi connectivity index (χ4v) is 2.33. The molecule has 5 heteroatoms. The smallest absolute Gasteiger partial charge is 0.309 e. The van der Waals surface area contributed by atoms with Crippen LogP contribution in [0, 0.1) is 0 Å². The summed E-state index contributed by atoms with van der Waals surface area (Å²) in [6.45, 7) is 0. The highest BCUT2D eigenvalue weighted by atomic mass is 79.9. The maximum Gasteiger partial charge on any atom is 0.309 e.